The molecule has 2 N–H and O–H groups in total. The van der Waals surface area contributed by atoms with Gasteiger partial charge in [-0.2, -0.15) is 0 Å². The molecule has 5 heteroatoms. The Bertz CT molecular complexity index is 541. The van der Waals surface area contributed by atoms with E-state index in [1.54, 1.807) is 24.3 Å². The molecule has 0 aliphatic carbocycles. The van der Waals surface area contributed by atoms with Crippen LogP contribution < -0.4 is 5.73 Å². The third-order valence-corrected chi connectivity index (χ3v) is 2.51. The van der Waals surface area contributed by atoms with Crippen molar-refractivity contribution in [2.75, 3.05) is 0 Å². The Morgan fingerprint density at radius 3 is 1.94 bits per heavy atom. The molecule has 0 unspecified atom stereocenters. The maximum Gasteiger partial charge on any atom is 0.161 e. The average Bonchev–Trinajstić information content (AvgIpc) is 2.34. The Labute approximate surface area is 109 Å². The minimum atomic E-state index is -1.19. The molecule has 0 atom stereocenters. The van der Waals surface area contributed by atoms with Crippen LogP contribution in [-0.2, 0) is 6.54 Å². The Morgan fingerprint density at radius 1 is 0.833 bits per heavy atom. The largest absolute Gasteiger partial charge is 0.326 e. The Balaban J connectivity index is 0.00000162. The van der Waals surface area contributed by atoms with Gasteiger partial charge in [0.1, 0.15) is 5.82 Å². The van der Waals surface area contributed by atoms with Crippen LogP contribution in [0.3, 0.4) is 0 Å². The highest BCUT2D eigenvalue weighted by Crippen LogP contribution is 2.25. The van der Waals surface area contributed by atoms with Crippen LogP contribution in [0.25, 0.3) is 11.1 Å². The Morgan fingerprint density at radius 2 is 1.39 bits per heavy atom. The van der Waals surface area contributed by atoms with Gasteiger partial charge >= 0.3 is 0 Å². The fourth-order valence-corrected chi connectivity index (χ4v) is 1.56. The van der Waals surface area contributed by atoms with Gasteiger partial charge < -0.3 is 5.73 Å². The van der Waals surface area contributed by atoms with Crippen LogP contribution in [-0.4, -0.2) is 0 Å². The van der Waals surface area contributed by atoms with Crippen molar-refractivity contribution in [3.05, 3.63) is 59.4 Å². The normalized spacial score (nSPS) is 10.0. The van der Waals surface area contributed by atoms with Gasteiger partial charge in [-0.05, 0) is 17.2 Å². The van der Waals surface area contributed by atoms with Crippen molar-refractivity contribution >= 4 is 12.4 Å². The average molecular weight is 274 g/mol. The standard InChI is InChI=1S/C13H10F3N.ClH/c14-11-6-13(16)12(15)5-10(11)9-3-1-8(7-17)2-4-9;/h1-6H,7,17H2;1H. The molecule has 0 spiro atoms. The lowest BCUT2D eigenvalue weighted by Crippen LogP contribution is -1.96. The monoisotopic (exact) mass is 273 g/mol. The summed E-state index contributed by atoms with van der Waals surface area (Å²) in [5, 5.41) is 0. The first-order valence-corrected chi connectivity index (χ1v) is 5.05. The highest BCUT2D eigenvalue weighted by atomic mass is 35.5. The molecule has 0 bridgehead atoms. The van der Waals surface area contributed by atoms with Gasteiger partial charge in [0.2, 0.25) is 0 Å². The van der Waals surface area contributed by atoms with Crippen molar-refractivity contribution < 1.29 is 13.2 Å². The molecule has 0 radical (unpaired) electrons. The minimum absolute atomic E-state index is 0. The van der Waals surface area contributed by atoms with E-state index in [4.69, 9.17) is 5.73 Å². The van der Waals surface area contributed by atoms with Crippen molar-refractivity contribution in [2.24, 2.45) is 5.73 Å². The van der Waals surface area contributed by atoms with Crippen molar-refractivity contribution in [1.29, 1.82) is 0 Å². The van der Waals surface area contributed by atoms with E-state index in [-0.39, 0.29) is 18.0 Å². The zero-order valence-corrected chi connectivity index (χ0v) is 10.1. The van der Waals surface area contributed by atoms with Crippen molar-refractivity contribution in [3.8, 4) is 11.1 Å². The molecule has 0 heterocycles. The van der Waals surface area contributed by atoms with Gasteiger partial charge in [0.05, 0.1) is 0 Å². The summed E-state index contributed by atoms with van der Waals surface area (Å²) in [5.74, 6) is -3.04. The van der Waals surface area contributed by atoms with Crippen molar-refractivity contribution in [3.63, 3.8) is 0 Å². The number of hydrogen-bond donors (Lipinski definition) is 1. The molecular formula is C13H11ClF3N. The summed E-state index contributed by atoms with van der Waals surface area (Å²) >= 11 is 0. The zero-order chi connectivity index (χ0) is 12.4. The molecule has 0 amide bonds. The highest BCUT2D eigenvalue weighted by Gasteiger charge is 2.11. The first-order chi connectivity index (χ1) is 8.11. The quantitative estimate of drug-likeness (QED) is 0.831. The second kappa shape index (κ2) is 5.89. The van der Waals surface area contributed by atoms with Crippen LogP contribution in [0.2, 0.25) is 0 Å². The summed E-state index contributed by atoms with van der Waals surface area (Å²) in [6, 6.07) is 8.08. The predicted molar refractivity (Wildman–Crippen MR) is 66.9 cm³/mol. The van der Waals surface area contributed by atoms with E-state index in [1.165, 1.54) is 0 Å². The SMILES string of the molecule is Cl.NCc1ccc(-c2cc(F)c(F)cc2F)cc1. The number of hydrogen-bond acceptors (Lipinski definition) is 1. The molecule has 0 aliphatic rings. The molecule has 18 heavy (non-hydrogen) atoms. The van der Waals surface area contributed by atoms with Crippen molar-refractivity contribution in [1.82, 2.24) is 0 Å². The molecular weight excluding hydrogens is 263 g/mol. The van der Waals surface area contributed by atoms with Crippen LogP contribution in [0, 0.1) is 17.5 Å². The second-order valence-corrected chi connectivity index (χ2v) is 3.65. The molecule has 0 saturated carbocycles. The lowest BCUT2D eigenvalue weighted by Gasteiger charge is -2.05. The lowest BCUT2D eigenvalue weighted by molar-refractivity contribution is 0.496. The molecule has 0 aliphatic heterocycles. The van der Waals surface area contributed by atoms with Gasteiger partial charge in [-0.1, -0.05) is 24.3 Å². The van der Waals surface area contributed by atoms with Crippen molar-refractivity contribution in [2.45, 2.75) is 6.54 Å². The number of halogens is 4. The Kier molecular flexibility index (Phi) is 4.76. The van der Waals surface area contributed by atoms with Gasteiger partial charge in [0.25, 0.3) is 0 Å². The number of benzene rings is 2. The van der Waals surface area contributed by atoms with E-state index in [0.29, 0.717) is 18.2 Å². The van der Waals surface area contributed by atoms with E-state index in [2.05, 4.69) is 0 Å². The third-order valence-electron chi connectivity index (χ3n) is 2.51. The molecule has 2 aromatic rings. The lowest BCUT2D eigenvalue weighted by atomic mass is 10.0. The van der Waals surface area contributed by atoms with E-state index < -0.39 is 17.5 Å². The zero-order valence-electron chi connectivity index (χ0n) is 9.29. The first-order valence-electron chi connectivity index (χ1n) is 5.05. The van der Waals surface area contributed by atoms with Gasteiger partial charge in [0, 0.05) is 18.2 Å². The van der Waals surface area contributed by atoms with Crippen LogP contribution in [0.15, 0.2) is 36.4 Å². The molecule has 2 aromatic carbocycles. The predicted octanol–water partition coefficient (Wildman–Crippen LogP) is 3.65. The topological polar surface area (TPSA) is 26.0 Å². The summed E-state index contributed by atoms with van der Waals surface area (Å²) in [4.78, 5) is 0. The van der Waals surface area contributed by atoms with Gasteiger partial charge in [0.15, 0.2) is 11.6 Å². The van der Waals surface area contributed by atoms with Crippen LogP contribution in [0.5, 0.6) is 0 Å². The molecule has 0 fully saturated rings. The van der Waals surface area contributed by atoms with Crippen LogP contribution in [0.4, 0.5) is 13.2 Å². The fraction of sp³-hybridized carbons (Fsp3) is 0.0769. The number of nitrogens with two attached hydrogens (primary N) is 1. The van der Waals surface area contributed by atoms with Gasteiger partial charge in [-0.15, -0.1) is 12.4 Å². The maximum absolute atomic E-state index is 13.5. The van der Waals surface area contributed by atoms with E-state index >= 15 is 0 Å². The highest BCUT2D eigenvalue weighted by molar-refractivity contribution is 5.85. The summed E-state index contributed by atoms with van der Waals surface area (Å²) in [5.41, 5.74) is 6.83. The maximum atomic E-state index is 13.5. The molecule has 96 valence electrons. The fourth-order valence-electron chi connectivity index (χ4n) is 1.56. The third kappa shape index (κ3) is 2.83. The molecule has 2 rings (SSSR count). The van der Waals surface area contributed by atoms with E-state index in [1.807, 2.05) is 0 Å². The van der Waals surface area contributed by atoms with E-state index in [9.17, 15) is 13.2 Å². The van der Waals surface area contributed by atoms with Gasteiger partial charge in [-0.25, -0.2) is 13.2 Å². The summed E-state index contributed by atoms with van der Waals surface area (Å²) in [6.07, 6.45) is 0. The minimum Gasteiger partial charge on any atom is -0.326 e. The molecule has 0 saturated heterocycles. The number of rotatable bonds is 2. The van der Waals surface area contributed by atoms with Crippen LogP contribution in [0.1, 0.15) is 5.56 Å². The van der Waals surface area contributed by atoms with Crippen LogP contribution >= 0.6 is 12.4 Å². The molecule has 1 nitrogen and oxygen atoms in total. The molecule has 0 aromatic heterocycles. The summed E-state index contributed by atoms with van der Waals surface area (Å²) in [6.45, 7) is 0.376. The first kappa shape index (κ1) is 14.5. The van der Waals surface area contributed by atoms with Gasteiger partial charge in [-0.3, -0.25) is 0 Å². The Hall–Kier alpha value is -1.52. The smallest absolute Gasteiger partial charge is 0.161 e. The summed E-state index contributed by atoms with van der Waals surface area (Å²) < 4.78 is 39.3. The summed E-state index contributed by atoms with van der Waals surface area (Å²) in [7, 11) is 0. The van der Waals surface area contributed by atoms with E-state index in [0.717, 1.165) is 11.6 Å². The second-order valence-electron chi connectivity index (χ2n) is 3.65.